The molecule has 3 heteroatoms. The van der Waals surface area contributed by atoms with Gasteiger partial charge >= 0.3 is 0 Å². The molecular weight excluding hydrogens is 572 g/mol. The van der Waals surface area contributed by atoms with Gasteiger partial charge in [-0.25, -0.2) is 0 Å². The van der Waals surface area contributed by atoms with Gasteiger partial charge in [-0.2, -0.15) is 0 Å². The molecule has 0 rings (SSSR count). The molecule has 0 aromatic carbocycles. The predicted molar refractivity (Wildman–Crippen MR) is 213 cm³/mol. The third kappa shape index (κ3) is 38.7. The SMILES string of the molecule is CCCCCC=CCC=CCCCCCCCCC(CCCCCCCCC=CCC=CCCCCC)ON/C(C)=C/CCN(C)C. The summed E-state index contributed by atoms with van der Waals surface area (Å²) in [4.78, 5) is 8.48. The first-order chi connectivity index (χ1) is 23.1. The lowest BCUT2D eigenvalue weighted by molar-refractivity contribution is -0.0191. The number of rotatable bonds is 36. The Morgan fingerprint density at radius 3 is 1.30 bits per heavy atom. The van der Waals surface area contributed by atoms with Crippen LogP contribution in [0, 0.1) is 0 Å². The van der Waals surface area contributed by atoms with Crippen LogP contribution in [0.15, 0.2) is 60.4 Å². The molecule has 0 aliphatic rings. The molecule has 0 atom stereocenters. The van der Waals surface area contributed by atoms with Crippen molar-refractivity contribution in [3.05, 3.63) is 60.4 Å². The van der Waals surface area contributed by atoms with Crippen LogP contribution in [0.1, 0.15) is 194 Å². The Morgan fingerprint density at radius 2 is 0.894 bits per heavy atom. The van der Waals surface area contributed by atoms with Crippen molar-refractivity contribution in [1.82, 2.24) is 10.4 Å². The maximum atomic E-state index is 6.25. The summed E-state index contributed by atoms with van der Waals surface area (Å²) in [5.74, 6) is 0. The van der Waals surface area contributed by atoms with E-state index >= 15 is 0 Å². The number of nitrogens with zero attached hydrogens (tertiary/aromatic N) is 1. The third-order valence-electron chi connectivity index (χ3n) is 8.87. The van der Waals surface area contributed by atoms with Crippen molar-refractivity contribution in [2.45, 2.75) is 200 Å². The van der Waals surface area contributed by atoms with Gasteiger partial charge in [0.1, 0.15) is 0 Å². The Hall–Kier alpha value is -1.58. The molecule has 3 nitrogen and oxygen atoms in total. The van der Waals surface area contributed by atoms with Crippen LogP contribution in [0.25, 0.3) is 0 Å². The van der Waals surface area contributed by atoms with Crippen LogP contribution in [-0.2, 0) is 4.84 Å². The molecular formula is C44H82N2O. The molecule has 47 heavy (non-hydrogen) atoms. The van der Waals surface area contributed by atoms with E-state index in [1.807, 2.05) is 0 Å². The lowest BCUT2D eigenvalue weighted by atomic mass is 10.0. The quantitative estimate of drug-likeness (QED) is 0.0413. The van der Waals surface area contributed by atoms with Crippen molar-refractivity contribution >= 4 is 0 Å². The van der Waals surface area contributed by atoms with Crippen LogP contribution < -0.4 is 5.48 Å². The predicted octanol–water partition coefficient (Wildman–Crippen LogP) is 14.1. The summed E-state index contributed by atoms with van der Waals surface area (Å²) in [6.45, 7) is 7.74. The van der Waals surface area contributed by atoms with Crippen LogP contribution in [0.4, 0.5) is 0 Å². The third-order valence-corrected chi connectivity index (χ3v) is 8.87. The maximum Gasteiger partial charge on any atom is 0.0853 e. The Morgan fingerprint density at radius 1 is 0.511 bits per heavy atom. The van der Waals surface area contributed by atoms with Gasteiger partial charge in [0.25, 0.3) is 0 Å². The summed E-state index contributed by atoms with van der Waals surface area (Å²) in [7, 11) is 4.26. The fourth-order valence-corrected chi connectivity index (χ4v) is 5.74. The summed E-state index contributed by atoms with van der Waals surface area (Å²) >= 11 is 0. The zero-order valence-corrected chi connectivity index (χ0v) is 32.4. The number of unbranched alkanes of at least 4 members (excludes halogenated alkanes) is 18. The van der Waals surface area contributed by atoms with E-state index in [-0.39, 0.29) is 0 Å². The molecule has 274 valence electrons. The standard InChI is InChI=1S/C44H82N2O/c1-6-8-10-12-14-16-18-20-22-24-26-28-30-32-34-36-40-44(47-45-43(3)39-38-42-46(4)5)41-37-35-33-31-29-27-25-23-21-19-17-15-13-11-9-7-2/h14-17,20-23,39,44-45H,6-13,18-19,24-38,40-42H2,1-5H3/b16-14?,17-15?,22-20?,23-21?,43-39+. The molecule has 0 radical (unpaired) electrons. The fourth-order valence-electron chi connectivity index (χ4n) is 5.74. The zero-order chi connectivity index (χ0) is 34.3. The number of hydrogen-bond donors (Lipinski definition) is 1. The molecule has 0 unspecified atom stereocenters. The molecule has 0 amide bonds. The molecule has 0 saturated heterocycles. The Labute approximate surface area is 295 Å². The second kappa shape index (κ2) is 38.9. The number of hydroxylamine groups is 1. The molecule has 1 N–H and O–H groups in total. The van der Waals surface area contributed by atoms with E-state index in [1.165, 1.54) is 154 Å². The van der Waals surface area contributed by atoms with Gasteiger partial charge in [-0.15, -0.1) is 0 Å². The average Bonchev–Trinajstić information content (AvgIpc) is 3.06. The van der Waals surface area contributed by atoms with Gasteiger partial charge in [0, 0.05) is 12.2 Å². The first kappa shape index (κ1) is 45.4. The number of nitrogens with one attached hydrogen (secondary N) is 1. The van der Waals surface area contributed by atoms with Crippen molar-refractivity contribution in [3.8, 4) is 0 Å². The Bertz CT molecular complexity index is 715. The van der Waals surface area contributed by atoms with E-state index in [1.54, 1.807) is 0 Å². The van der Waals surface area contributed by atoms with E-state index in [9.17, 15) is 0 Å². The lowest BCUT2D eigenvalue weighted by Crippen LogP contribution is -2.23. The highest BCUT2D eigenvalue weighted by atomic mass is 16.7. The molecule has 0 aromatic heterocycles. The Kier molecular flexibility index (Phi) is 37.6. The molecule has 0 fully saturated rings. The highest BCUT2D eigenvalue weighted by Crippen LogP contribution is 2.17. The van der Waals surface area contributed by atoms with Crippen LogP contribution in [0.2, 0.25) is 0 Å². The van der Waals surface area contributed by atoms with E-state index in [0.717, 1.165) is 31.5 Å². The second-order valence-electron chi connectivity index (χ2n) is 14.1. The summed E-state index contributed by atoms with van der Waals surface area (Å²) in [6.07, 6.45) is 56.1. The van der Waals surface area contributed by atoms with Crippen LogP contribution in [0.3, 0.4) is 0 Å². The van der Waals surface area contributed by atoms with Crippen molar-refractivity contribution in [1.29, 1.82) is 0 Å². The molecule has 0 aliphatic carbocycles. The van der Waals surface area contributed by atoms with Gasteiger partial charge < -0.3 is 4.90 Å². The highest BCUT2D eigenvalue weighted by Gasteiger charge is 2.10. The minimum absolute atomic E-state index is 0.323. The molecule has 0 bridgehead atoms. The monoisotopic (exact) mass is 655 g/mol. The van der Waals surface area contributed by atoms with Crippen LogP contribution in [0.5, 0.6) is 0 Å². The molecule has 0 aromatic rings. The second-order valence-corrected chi connectivity index (χ2v) is 14.1. The van der Waals surface area contributed by atoms with Crippen molar-refractivity contribution < 1.29 is 4.84 Å². The zero-order valence-electron chi connectivity index (χ0n) is 32.4. The minimum Gasteiger partial charge on any atom is -0.309 e. The maximum absolute atomic E-state index is 6.25. The van der Waals surface area contributed by atoms with Gasteiger partial charge in [-0.3, -0.25) is 10.3 Å². The molecule has 0 aliphatic heterocycles. The molecule has 0 spiro atoms. The van der Waals surface area contributed by atoms with Gasteiger partial charge in [0.15, 0.2) is 0 Å². The van der Waals surface area contributed by atoms with Crippen LogP contribution >= 0.6 is 0 Å². The number of allylic oxidation sites excluding steroid dienone is 9. The number of hydrogen-bond acceptors (Lipinski definition) is 3. The summed E-state index contributed by atoms with van der Waals surface area (Å²) in [5.41, 5.74) is 4.43. The van der Waals surface area contributed by atoms with E-state index in [2.05, 4.69) is 99.9 Å². The normalized spacial score (nSPS) is 13.4. The van der Waals surface area contributed by atoms with Crippen molar-refractivity contribution in [2.75, 3.05) is 20.6 Å². The average molecular weight is 655 g/mol. The summed E-state index contributed by atoms with van der Waals surface area (Å²) in [6, 6.07) is 0. The van der Waals surface area contributed by atoms with Crippen molar-refractivity contribution in [2.24, 2.45) is 0 Å². The molecule has 0 saturated carbocycles. The van der Waals surface area contributed by atoms with Gasteiger partial charge in [-0.05, 0) is 104 Å². The van der Waals surface area contributed by atoms with E-state index in [0.29, 0.717) is 6.10 Å². The lowest BCUT2D eigenvalue weighted by Gasteiger charge is -2.19. The topological polar surface area (TPSA) is 24.5 Å². The first-order valence-corrected chi connectivity index (χ1v) is 20.4. The largest absolute Gasteiger partial charge is 0.309 e. The van der Waals surface area contributed by atoms with Crippen LogP contribution in [-0.4, -0.2) is 31.6 Å². The first-order valence-electron chi connectivity index (χ1n) is 20.4. The summed E-state index contributed by atoms with van der Waals surface area (Å²) in [5, 5.41) is 0. The van der Waals surface area contributed by atoms with Gasteiger partial charge in [0.05, 0.1) is 6.10 Å². The van der Waals surface area contributed by atoms with Gasteiger partial charge in [0.2, 0.25) is 0 Å². The smallest absolute Gasteiger partial charge is 0.0853 e. The Balaban J connectivity index is 4.08. The highest BCUT2D eigenvalue weighted by molar-refractivity contribution is 4.94. The fraction of sp³-hybridized carbons (Fsp3) is 0.773. The van der Waals surface area contributed by atoms with Gasteiger partial charge in [-0.1, -0.05) is 158 Å². The van der Waals surface area contributed by atoms with Crippen molar-refractivity contribution in [3.63, 3.8) is 0 Å². The van der Waals surface area contributed by atoms with E-state index in [4.69, 9.17) is 4.84 Å². The summed E-state index contributed by atoms with van der Waals surface area (Å²) < 4.78 is 0. The molecule has 0 heterocycles. The minimum atomic E-state index is 0.323. The van der Waals surface area contributed by atoms with E-state index < -0.39 is 0 Å².